The van der Waals surface area contributed by atoms with Crippen LogP contribution in [-0.2, 0) is 0 Å². The van der Waals surface area contributed by atoms with Crippen molar-refractivity contribution in [2.45, 2.75) is 11.8 Å². The molecule has 0 spiro atoms. The van der Waals surface area contributed by atoms with Crippen LogP contribution in [0.5, 0.6) is 5.75 Å². The first-order valence-electron chi connectivity index (χ1n) is 6.13. The average Bonchev–Trinajstić information content (AvgIpc) is 2.44. The van der Waals surface area contributed by atoms with E-state index in [0.29, 0.717) is 23.6 Å². The lowest BCUT2D eigenvalue weighted by molar-refractivity contribution is 0.102. The number of para-hydroxylation sites is 2. The number of hydrogen-bond donors (Lipinski definition) is 2. The second-order valence-corrected chi connectivity index (χ2v) is 4.53. The molecule has 0 saturated heterocycles. The van der Waals surface area contributed by atoms with Gasteiger partial charge in [0.2, 0.25) is 0 Å². The first-order valence-corrected chi connectivity index (χ1v) is 6.58. The van der Waals surface area contributed by atoms with E-state index in [4.69, 9.17) is 4.74 Å². The van der Waals surface area contributed by atoms with Gasteiger partial charge in [-0.1, -0.05) is 12.1 Å². The zero-order valence-corrected chi connectivity index (χ0v) is 11.8. The number of anilines is 1. The molecular formula is C15H14FNO2S. The second-order valence-electron chi connectivity index (χ2n) is 4.05. The molecule has 0 atom stereocenters. The van der Waals surface area contributed by atoms with Crippen LogP contribution >= 0.6 is 12.6 Å². The second kappa shape index (κ2) is 6.43. The van der Waals surface area contributed by atoms with Crippen molar-refractivity contribution in [3.8, 4) is 5.75 Å². The molecule has 2 rings (SSSR count). The molecule has 0 fully saturated rings. The molecule has 104 valence electrons. The molecule has 0 aromatic heterocycles. The van der Waals surface area contributed by atoms with Crippen molar-refractivity contribution in [2.75, 3.05) is 11.9 Å². The van der Waals surface area contributed by atoms with Gasteiger partial charge in [0, 0.05) is 10.5 Å². The van der Waals surface area contributed by atoms with Crippen molar-refractivity contribution < 1.29 is 13.9 Å². The molecule has 20 heavy (non-hydrogen) atoms. The van der Waals surface area contributed by atoms with Crippen LogP contribution in [0.4, 0.5) is 10.1 Å². The van der Waals surface area contributed by atoms with Gasteiger partial charge in [-0.3, -0.25) is 4.79 Å². The Morgan fingerprint density at radius 2 is 2.05 bits per heavy atom. The number of carbonyl (C=O) groups excluding carboxylic acids is 1. The number of rotatable bonds is 4. The highest BCUT2D eigenvalue weighted by Gasteiger charge is 2.11. The Bertz CT molecular complexity index is 631. The van der Waals surface area contributed by atoms with E-state index < -0.39 is 5.82 Å². The van der Waals surface area contributed by atoms with Gasteiger partial charge in [-0.15, -0.1) is 12.6 Å². The minimum Gasteiger partial charge on any atom is -0.492 e. The Morgan fingerprint density at radius 3 is 2.75 bits per heavy atom. The Hall–Kier alpha value is -2.01. The minimum atomic E-state index is -0.459. The van der Waals surface area contributed by atoms with Crippen molar-refractivity contribution in [1.82, 2.24) is 0 Å². The molecule has 0 radical (unpaired) electrons. The smallest absolute Gasteiger partial charge is 0.255 e. The Morgan fingerprint density at radius 1 is 1.30 bits per heavy atom. The Balaban J connectivity index is 2.21. The van der Waals surface area contributed by atoms with Gasteiger partial charge < -0.3 is 10.1 Å². The van der Waals surface area contributed by atoms with Crippen LogP contribution in [0.1, 0.15) is 17.3 Å². The largest absolute Gasteiger partial charge is 0.492 e. The fourth-order valence-electron chi connectivity index (χ4n) is 1.70. The number of hydrogen-bond acceptors (Lipinski definition) is 3. The first-order chi connectivity index (χ1) is 9.61. The summed E-state index contributed by atoms with van der Waals surface area (Å²) >= 11 is 3.96. The van der Waals surface area contributed by atoms with Gasteiger partial charge in [0.1, 0.15) is 11.6 Å². The molecule has 0 aliphatic carbocycles. The average molecular weight is 291 g/mol. The molecule has 1 amide bonds. The summed E-state index contributed by atoms with van der Waals surface area (Å²) in [5, 5.41) is 2.74. The number of thiol groups is 1. The fourth-order valence-corrected chi connectivity index (χ4v) is 1.91. The molecule has 2 aromatic carbocycles. The topological polar surface area (TPSA) is 38.3 Å². The summed E-state index contributed by atoms with van der Waals surface area (Å²) in [6.45, 7) is 2.37. The van der Waals surface area contributed by atoms with Crippen LogP contribution in [0.3, 0.4) is 0 Å². The standard InChI is InChI=1S/C15H14FNO2S/c1-2-19-13-6-4-3-5-12(13)17-15(18)10-7-8-11(16)14(20)9-10/h3-9,20H,2H2,1H3,(H,17,18). The van der Waals surface area contributed by atoms with Gasteiger partial charge in [-0.05, 0) is 37.3 Å². The predicted octanol–water partition coefficient (Wildman–Crippen LogP) is 3.77. The molecule has 0 aliphatic rings. The maximum Gasteiger partial charge on any atom is 0.255 e. The number of carbonyl (C=O) groups is 1. The molecule has 0 bridgehead atoms. The monoisotopic (exact) mass is 291 g/mol. The summed E-state index contributed by atoms with van der Waals surface area (Å²) in [5.41, 5.74) is 0.909. The maximum absolute atomic E-state index is 13.1. The number of ether oxygens (including phenoxy) is 1. The van der Waals surface area contributed by atoms with E-state index in [0.717, 1.165) is 0 Å². The normalized spacial score (nSPS) is 10.2. The van der Waals surface area contributed by atoms with Gasteiger partial charge in [0.15, 0.2) is 0 Å². The maximum atomic E-state index is 13.1. The lowest BCUT2D eigenvalue weighted by atomic mass is 10.2. The number of benzene rings is 2. The lowest BCUT2D eigenvalue weighted by Crippen LogP contribution is -2.13. The van der Waals surface area contributed by atoms with Crippen LogP contribution in [0.25, 0.3) is 0 Å². The van der Waals surface area contributed by atoms with E-state index in [1.807, 2.05) is 13.0 Å². The van der Waals surface area contributed by atoms with E-state index in [9.17, 15) is 9.18 Å². The third-order valence-electron chi connectivity index (χ3n) is 2.64. The molecule has 2 aromatic rings. The minimum absolute atomic E-state index is 0.135. The summed E-state index contributed by atoms with van der Waals surface area (Å²) in [5.74, 6) is -0.205. The van der Waals surface area contributed by atoms with Crippen molar-refractivity contribution in [2.24, 2.45) is 0 Å². The molecule has 0 unspecified atom stereocenters. The summed E-state index contributed by atoms with van der Waals surface area (Å²) in [4.78, 5) is 12.2. The van der Waals surface area contributed by atoms with E-state index >= 15 is 0 Å². The number of halogens is 1. The summed E-state index contributed by atoms with van der Waals surface area (Å²) < 4.78 is 18.6. The van der Waals surface area contributed by atoms with E-state index in [2.05, 4.69) is 17.9 Å². The first kappa shape index (κ1) is 14.4. The van der Waals surface area contributed by atoms with Crippen LogP contribution in [0.2, 0.25) is 0 Å². The van der Waals surface area contributed by atoms with Gasteiger partial charge in [0.25, 0.3) is 5.91 Å². The molecule has 1 N–H and O–H groups in total. The summed E-state index contributed by atoms with van der Waals surface area (Å²) in [7, 11) is 0. The number of amides is 1. The lowest BCUT2D eigenvalue weighted by Gasteiger charge is -2.11. The highest BCUT2D eigenvalue weighted by molar-refractivity contribution is 7.80. The highest BCUT2D eigenvalue weighted by Crippen LogP contribution is 2.24. The molecule has 0 saturated carbocycles. The van der Waals surface area contributed by atoms with E-state index in [1.54, 1.807) is 18.2 Å². The van der Waals surface area contributed by atoms with Crippen LogP contribution in [0, 0.1) is 5.82 Å². The van der Waals surface area contributed by atoms with Crippen molar-refractivity contribution in [3.63, 3.8) is 0 Å². The quantitative estimate of drug-likeness (QED) is 0.842. The van der Waals surface area contributed by atoms with Gasteiger partial charge in [-0.2, -0.15) is 0 Å². The highest BCUT2D eigenvalue weighted by atomic mass is 32.1. The third-order valence-corrected chi connectivity index (χ3v) is 2.99. The molecule has 0 heterocycles. The van der Waals surface area contributed by atoms with Gasteiger partial charge in [0.05, 0.1) is 12.3 Å². The molecule has 0 aliphatic heterocycles. The Labute approximate surface area is 122 Å². The van der Waals surface area contributed by atoms with Crippen molar-refractivity contribution in [3.05, 3.63) is 53.8 Å². The zero-order valence-electron chi connectivity index (χ0n) is 10.9. The van der Waals surface area contributed by atoms with Gasteiger partial charge >= 0.3 is 0 Å². The van der Waals surface area contributed by atoms with E-state index in [-0.39, 0.29) is 10.8 Å². The van der Waals surface area contributed by atoms with Gasteiger partial charge in [-0.25, -0.2) is 4.39 Å². The van der Waals surface area contributed by atoms with E-state index in [1.165, 1.54) is 18.2 Å². The van der Waals surface area contributed by atoms with Crippen LogP contribution < -0.4 is 10.1 Å². The van der Waals surface area contributed by atoms with Crippen LogP contribution in [0.15, 0.2) is 47.4 Å². The SMILES string of the molecule is CCOc1ccccc1NC(=O)c1ccc(F)c(S)c1. The fraction of sp³-hybridized carbons (Fsp3) is 0.133. The molecule has 5 heteroatoms. The zero-order chi connectivity index (χ0) is 14.5. The number of nitrogens with one attached hydrogen (secondary N) is 1. The predicted molar refractivity (Wildman–Crippen MR) is 79.2 cm³/mol. The van der Waals surface area contributed by atoms with Crippen LogP contribution in [-0.4, -0.2) is 12.5 Å². The summed E-state index contributed by atoms with van der Waals surface area (Å²) in [6.07, 6.45) is 0. The third kappa shape index (κ3) is 3.30. The molecular weight excluding hydrogens is 277 g/mol. The van der Waals surface area contributed by atoms with Crippen molar-refractivity contribution >= 4 is 24.2 Å². The Kier molecular flexibility index (Phi) is 4.63. The summed E-state index contributed by atoms with van der Waals surface area (Å²) in [6, 6.07) is 11.1. The molecule has 3 nitrogen and oxygen atoms in total. The van der Waals surface area contributed by atoms with Crippen molar-refractivity contribution in [1.29, 1.82) is 0 Å².